The quantitative estimate of drug-likeness (QED) is 0.584. The minimum atomic E-state index is -0.742. The molecule has 0 aliphatic carbocycles. The minimum absolute atomic E-state index is 0.234. The molecule has 0 radical (unpaired) electrons. The third kappa shape index (κ3) is 8.15. The average molecular weight is 322 g/mol. The van der Waals surface area contributed by atoms with Crippen molar-refractivity contribution >= 4 is 17.8 Å². The van der Waals surface area contributed by atoms with Gasteiger partial charge in [-0.15, -0.1) is 0 Å². The van der Waals surface area contributed by atoms with E-state index in [1.54, 1.807) is 39.1 Å². The number of nitrogens with one attached hydrogen (secondary N) is 2. The summed E-state index contributed by atoms with van der Waals surface area (Å²) in [6.07, 6.45) is 1.81. The van der Waals surface area contributed by atoms with Crippen molar-refractivity contribution in [3.63, 3.8) is 0 Å². The molecule has 1 rings (SSSR count). The standard InChI is InChI=1S/C16H26N4O3/c1-15(2,3)23-14(22)20-12(8-9-16(4,5)17)19-13(21)11-7-6-10-18-11/h6-7,10,18H,8-9,17H2,1-5H3,(H,19,20,21,22). The van der Waals surface area contributed by atoms with Crippen LogP contribution in [0.2, 0.25) is 0 Å². The van der Waals surface area contributed by atoms with E-state index >= 15 is 0 Å². The van der Waals surface area contributed by atoms with Gasteiger partial charge in [-0.2, -0.15) is 4.99 Å². The van der Waals surface area contributed by atoms with E-state index in [1.165, 1.54) is 0 Å². The number of nitrogens with two attached hydrogens (primary N) is 1. The smallest absolute Gasteiger partial charge is 0.435 e. The summed E-state index contributed by atoms with van der Waals surface area (Å²) in [5.74, 6) is -0.135. The van der Waals surface area contributed by atoms with E-state index in [9.17, 15) is 9.59 Å². The Labute approximate surface area is 136 Å². The Morgan fingerprint density at radius 2 is 1.96 bits per heavy atom. The highest BCUT2D eigenvalue weighted by molar-refractivity contribution is 6.07. The summed E-state index contributed by atoms with van der Waals surface area (Å²) in [6.45, 7) is 8.98. The third-order valence-corrected chi connectivity index (χ3v) is 2.73. The molecule has 0 aromatic carbocycles. The van der Waals surface area contributed by atoms with Crippen LogP contribution in [0.3, 0.4) is 0 Å². The van der Waals surface area contributed by atoms with Crippen molar-refractivity contribution in [2.24, 2.45) is 10.7 Å². The van der Waals surface area contributed by atoms with Crippen molar-refractivity contribution in [2.75, 3.05) is 0 Å². The van der Waals surface area contributed by atoms with Gasteiger partial charge >= 0.3 is 6.09 Å². The fourth-order valence-electron chi connectivity index (χ4n) is 1.65. The number of nitrogens with zero attached hydrogens (tertiary/aromatic N) is 1. The number of H-pyrrole nitrogens is 1. The molecule has 1 heterocycles. The van der Waals surface area contributed by atoms with Gasteiger partial charge in [0.1, 0.15) is 17.1 Å². The van der Waals surface area contributed by atoms with Crippen molar-refractivity contribution < 1.29 is 14.3 Å². The molecule has 4 N–H and O–H groups in total. The van der Waals surface area contributed by atoms with Gasteiger partial charge in [-0.25, -0.2) is 4.79 Å². The van der Waals surface area contributed by atoms with Gasteiger partial charge in [0, 0.05) is 18.2 Å². The summed E-state index contributed by atoms with van der Waals surface area (Å²) >= 11 is 0. The number of rotatable bonds is 4. The van der Waals surface area contributed by atoms with Crippen LogP contribution < -0.4 is 11.1 Å². The first-order valence-electron chi connectivity index (χ1n) is 7.50. The molecule has 1 aromatic heterocycles. The maximum absolute atomic E-state index is 12.1. The van der Waals surface area contributed by atoms with Gasteiger partial charge in [-0.1, -0.05) is 0 Å². The van der Waals surface area contributed by atoms with Crippen LogP contribution in [-0.2, 0) is 4.74 Å². The number of aliphatic imine (C=N–C) groups is 1. The molecule has 7 nitrogen and oxygen atoms in total. The number of carbonyl (C=O) groups is 2. The molecule has 1 aromatic rings. The van der Waals surface area contributed by atoms with E-state index in [4.69, 9.17) is 10.5 Å². The van der Waals surface area contributed by atoms with Crippen molar-refractivity contribution in [1.29, 1.82) is 0 Å². The van der Waals surface area contributed by atoms with Crippen LogP contribution in [0.4, 0.5) is 4.79 Å². The highest BCUT2D eigenvalue weighted by atomic mass is 16.6. The summed E-state index contributed by atoms with van der Waals surface area (Å²) in [5, 5.41) is 2.63. The fraction of sp³-hybridized carbons (Fsp3) is 0.562. The second-order valence-electron chi connectivity index (χ2n) is 7.07. The molecule has 0 unspecified atom stereocenters. The second kappa shape index (κ2) is 7.41. The highest BCUT2D eigenvalue weighted by Crippen LogP contribution is 2.11. The molecule has 0 spiro atoms. The van der Waals surface area contributed by atoms with Crippen LogP contribution in [-0.4, -0.2) is 34.0 Å². The van der Waals surface area contributed by atoms with Crippen LogP contribution in [0.5, 0.6) is 0 Å². The van der Waals surface area contributed by atoms with Gasteiger partial charge in [0.25, 0.3) is 5.91 Å². The number of ether oxygens (including phenoxy) is 1. The van der Waals surface area contributed by atoms with Crippen LogP contribution in [0.25, 0.3) is 0 Å². The summed E-state index contributed by atoms with van der Waals surface area (Å²) in [5.41, 5.74) is 5.25. The van der Waals surface area contributed by atoms with Gasteiger partial charge in [-0.05, 0) is 53.2 Å². The zero-order valence-electron chi connectivity index (χ0n) is 14.4. The van der Waals surface area contributed by atoms with Crippen molar-refractivity contribution in [3.8, 4) is 0 Å². The highest BCUT2D eigenvalue weighted by Gasteiger charge is 2.19. The summed E-state index contributed by atoms with van der Waals surface area (Å²) < 4.78 is 5.16. The molecule has 7 heteroatoms. The van der Waals surface area contributed by atoms with E-state index in [0.717, 1.165) is 0 Å². The number of aromatic nitrogens is 1. The largest absolute Gasteiger partial charge is 0.442 e. The lowest BCUT2D eigenvalue weighted by molar-refractivity contribution is 0.0603. The lowest BCUT2D eigenvalue weighted by Crippen LogP contribution is -2.37. The molecule has 0 bridgehead atoms. The number of carbonyl (C=O) groups excluding carboxylic acids is 2. The lowest BCUT2D eigenvalue weighted by atomic mass is 10.00. The monoisotopic (exact) mass is 322 g/mol. The molecule has 23 heavy (non-hydrogen) atoms. The molecule has 0 atom stereocenters. The Morgan fingerprint density at radius 1 is 1.30 bits per heavy atom. The Balaban J connectivity index is 2.83. The molecule has 0 aliphatic heterocycles. The zero-order valence-corrected chi connectivity index (χ0v) is 14.4. The molecule has 128 valence electrons. The Hall–Kier alpha value is -2.15. The number of hydrogen-bond acceptors (Lipinski definition) is 4. The molecular formula is C16H26N4O3. The van der Waals surface area contributed by atoms with Gasteiger partial charge in [0.2, 0.25) is 0 Å². The zero-order chi connectivity index (χ0) is 17.7. The van der Waals surface area contributed by atoms with Crippen LogP contribution in [0.1, 0.15) is 57.9 Å². The normalized spacial score (nSPS) is 12.9. The predicted octanol–water partition coefficient (Wildman–Crippen LogP) is 2.60. The van der Waals surface area contributed by atoms with Gasteiger partial charge in [0.05, 0.1) is 0 Å². The van der Waals surface area contributed by atoms with Gasteiger partial charge < -0.3 is 20.8 Å². The van der Waals surface area contributed by atoms with Crippen molar-refractivity contribution in [3.05, 3.63) is 24.0 Å². The van der Waals surface area contributed by atoms with E-state index in [-0.39, 0.29) is 11.7 Å². The predicted molar refractivity (Wildman–Crippen MR) is 89.4 cm³/mol. The van der Waals surface area contributed by atoms with E-state index < -0.39 is 17.2 Å². The van der Waals surface area contributed by atoms with Crippen LogP contribution in [0, 0.1) is 0 Å². The number of hydrogen-bond donors (Lipinski definition) is 3. The number of amides is 2. The first-order valence-corrected chi connectivity index (χ1v) is 7.50. The molecule has 0 aliphatic rings. The molecule has 0 fully saturated rings. The van der Waals surface area contributed by atoms with Crippen molar-refractivity contribution in [2.45, 2.75) is 58.6 Å². The summed E-state index contributed by atoms with van der Waals surface area (Å²) in [7, 11) is 0. The van der Waals surface area contributed by atoms with E-state index in [0.29, 0.717) is 18.5 Å². The average Bonchev–Trinajstić information content (AvgIpc) is 2.86. The lowest BCUT2D eigenvalue weighted by Gasteiger charge is -2.20. The van der Waals surface area contributed by atoms with Crippen molar-refractivity contribution in [1.82, 2.24) is 10.3 Å². The molecular weight excluding hydrogens is 296 g/mol. The maximum atomic E-state index is 12.1. The first-order chi connectivity index (χ1) is 10.5. The van der Waals surface area contributed by atoms with Crippen LogP contribution >= 0.6 is 0 Å². The van der Waals surface area contributed by atoms with E-state index in [1.807, 2.05) is 13.8 Å². The first kappa shape index (κ1) is 18.9. The number of amidine groups is 1. The summed E-state index contributed by atoms with van der Waals surface area (Å²) in [6, 6.07) is 3.34. The second-order valence-corrected chi connectivity index (χ2v) is 7.07. The van der Waals surface area contributed by atoms with Gasteiger partial charge in [0.15, 0.2) is 0 Å². The SMILES string of the molecule is CC(C)(N)CCC(=NC(=O)OC(C)(C)C)NC(=O)c1ccc[nH]1. The molecule has 0 saturated heterocycles. The Kier molecular flexibility index (Phi) is 6.09. The van der Waals surface area contributed by atoms with Crippen LogP contribution in [0.15, 0.2) is 23.3 Å². The topological polar surface area (TPSA) is 110 Å². The maximum Gasteiger partial charge on any atom is 0.435 e. The van der Waals surface area contributed by atoms with Gasteiger partial charge in [-0.3, -0.25) is 4.79 Å². The third-order valence-electron chi connectivity index (χ3n) is 2.73. The number of aromatic amines is 1. The molecule has 0 saturated carbocycles. The Morgan fingerprint density at radius 3 is 2.43 bits per heavy atom. The Bertz CT molecular complexity index is 563. The molecule has 2 amide bonds. The fourth-order valence-corrected chi connectivity index (χ4v) is 1.65. The minimum Gasteiger partial charge on any atom is -0.442 e. The van der Waals surface area contributed by atoms with E-state index in [2.05, 4.69) is 15.3 Å². The summed E-state index contributed by atoms with van der Waals surface area (Å²) in [4.78, 5) is 30.6.